The van der Waals surface area contributed by atoms with Crippen LogP contribution in [0.15, 0.2) is 76.2 Å². The summed E-state index contributed by atoms with van der Waals surface area (Å²) in [5, 5.41) is 0.598. The highest BCUT2D eigenvalue weighted by Gasteiger charge is 2.21. The minimum Gasteiger partial charge on any atom is -0.467 e. The van der Waals surface area contributed by atoms with Gasteiger partial charge in [0.1, 0.15) is 5.76 Å². The van der Waals surface area contributed by atoms with E-state index in [1.165, 1.54) is 23.5 Å². The first-order valence-electron chi connectivity index (χ1n) is 8.87. The molecule has 0 bridgehead atoms. The standard InChI is InChI=1S/C21H18N2O4S2/c1-29(25,26)17-10-8-15(9-11-17)13-20(24)23(14-16-5-4-12-27-16)21-22-18-6-2-3-7-19(18)28-21/h2-12H,13-14H2,1H3. The van der Waals surface area contributed by atoms with Crippen LogP contribution in [0.4, 0.5) is 5.13 Å². The largest absolute Gasteiger partial charge is 0.467 e. The lowest BCUT2D eigenvalue weighted by Gasteiger charge is -2.19. The van der Waals surface area contributed by atoms with Gasteiger partial charge in [-0.05, 0) is 42.0 Å². The summed E-state index contributed by atoms with van der Waals surface area (Å²) >= 11 is 1.44. The lowest BCUT2D eigenvalue weighted by atomic mass is 10.1. The van der Waals surface area contributed by atoms with E-state index < -0.39 is 9.84 Å². The summed E-state index contributed by atoms with van der Waals surface area (Å²) in [4.78, 5) is 19.6. The van der Waals surface area contributed by atoms with Crippen LogP contribution in [-0.2, 0) is 27.6 Å². The second kappa shape index (κ2) is 7.81. The molecule has 4 rings (SSSR count). The minimum atomic E-state index is -3.27. The van der Waals surface area contributed by atoms with Gasteiger partial charge in [-0.25, -0.2) is 13.4 Å². The molecule has 0 unspecified atom stereocenters. The second-order valence-corrected chi connectivity index (χ2v) is 9.64. The quantitative estimate of drug-likeness (QED) is 0.464. The molecule has 1 amide bonds. The first kappa shape index (κ1) is 19.4. The molecule has 0 fully saturated rings. The van der Waals surface area contributed by atoms with E-state index in [0.717, 1.165) is 22.0 Å². The minimum absolute atomic E-state index is 0.126. The molecule has 6 nitrogen and oxygen atoms in total. The van der Waals surface area contributed by atoms with Gasteiger partial charge in [0.05, 0.1) is 34.3 Å². The van der Waals surface area contributed by atoms with E-state index in [1.54, 1.807) is 29.4 Å². The Morgan fingerprint density at radius 3 is 2.48 bits per heavy atom. The lowest BCUT2D eigenvalue weighted by molar-refractivity contribution is -0.118. The number of hydrogen-bond donors (Lipinski definition) is 0. The number of carbonyl (C=O) groups excluding carboxylic acids is 1. The fourth-order valence-electron chi connectivity index (χ4n) is 2.92. The third kappa shape index (κ3) is 4.38. The van der Waals surface area contributed by atoms with Crippen molar-refractivity contribution in [1.29, 1.82) is 0 Å². The Labute approximate surface area is 172 Å². The maximum atomic E-state index is 13.1. The highest BCUT2D eigenvalue weighted by Crippen LogP contribution is 2.30. The third-order valence-corrected chi connectivity index (χ3v) is 6.60. The van der Waals surface area contributed by atoms with Gasteiger partial charge in [0.2, 0.25) is 5.91 Å². The molecule has 2 heterocycles. The van der Waals surface area contributed by atoms with Crippen molar-refractivity contribution in [3.8, 4) is 0 Å². The molecule has 0 saturated carbocycles. The fourth-order valence-corrected chi connectivity index (χ4v) is 4.53. The molecule has 8 heteroatoms. The number of fused-ring (bicyclic) bond motifs is 1. The zero-order chi connectivity index (χ0) is 20.4. The molecule has 0 atom stereocenters. The monoisotopic (exact) mass is 426 g/mol. The number of nitrogens with zero attached hydrogens (tertiary/aromatic N) is 2. The number of amides is 1. The van der Waals surface area contributed by atoms with Crippen molar-refractivity contribution in [3.05, 3.63) is 78.3 Å². The topological polar surface area (TPSA) is 80.5 Å². The molecule has 0 aliphatic carbocycles. The van der Waals surface area contributed by atoms with Crippen LogP contribution in [0, 0.1) is 0 Å². The van der Waals surface area contributed by atoms with Crippen molar-refractivity contribution >= 4 is 42.4 Å². The van der Waals surface area contributed by atoms with Gasteiger partial charge in [-0.3, -0.25) is 9.69 Å². The molecule has 0 saturated heterocycles. The van der Waals surface area contributed by atoms with Crippen LogP contribution >= 0.6 is 11.3 Å². The van der Waals surface area contributed by atoms with Crippen molar-refractivity contribution in [3.63, 3.8) is 0 Å². The highest BCUT2D eigenvalue weighted by atomic mass is 32.2. The zero-order valence-electron chi connectivity index (χ0n) is 15.6. The number of anilines is 1. The smallest absolute Gasteiger partial charge is 0.233 e. The molecule has 0 aliphatic rings. The number of benzene rings is 2. The molecule has 4 aromatic rings. The predicted octanol–water partition coefficient (Wildman–Crippen LogP) is 4.07. The number of rotatable bonds is 6. The Hall–Kier alpha value is -2.97. The van der Waals surface area contributed by atoms with Gasteiger partial charge in [-0.15, -0.1) is 0 Å². The Morgan fingerprint density at radius 1 is 1.07 bits per heavy atom. The van der Waals surface area contributed by atoms with Crippen LogP contribution < -0.4 is 4.90 Å². The fraction of sp³-hybridized carbons (Fsp3) is 0.143. The summed E-state index contributed by atoms with van der Waals surface area (Å²) in [6.07, 6.45) is 2.85. The van der Waals surface area contributed by atoms with Gasteiger partial charge < -0.3 is 4.42 Å². The first-order chi connectivity index (χ1) is 13.9. The van der Waals surface area contributed by atoms with E-state index in [0.29, 0.717) is 10.9 Å². The van der Waals surface area contributed by atoms with E-state index in [9.17, 15) is 13.2 Å². The van der Waals surface area contributed by atoms with Gasteiger partial charge in [0.25, 0.3) is 0 Å². The summed E-state index contributed by atoms with van der Waals surface area (Å²) in [5.74, 6) is 0.512. The van der Waals surface area contributed by atoms with Crippen molar-refractivity contribution in [2.75, 3.05) is 11.2 Å². The SMILES string of the molecule is CS(=O)(=O)c1ccc(CC(=O)N(Cc2ccco2)c2nc3ccccc3s2)cc1. The summed E-state index contributed by atoms with van der Waals surface area (Å²) < 4.78 is 29.7. The molecule has 0 spiro atoms. The third-order valence-electron chi connectivity index (χ3n) is 4.42. The molecule has 0 aliphatic heterocycles. The Morgan fingerprint density at radius 2 is 1.83 bits per heavy atom. The van der Waals surface area contributed by atoms with Gasteiger partial charge in [-0.2, -0.15) is 0 Å². The summed E-state index contributed by atoms with van der Waals surface area (Å²) in [6, 6.07) is 17.7. The number of hydrogen-bond acceptors (Lipinski definition) is 6. The average molecular weight is 427 g/mol. The predicted molar refractivity (Wildman–Crippen MR) is 113 cm³/mol. The van der Waals surface area contributed by atoms with Gasteiger partial charge in [0, 0.05) is 6.26 Å². The average Bonchev–Trinajstić information content (AvgIpc) is 3.35. The van der Waals surface area contributed by atoms with E-state index in [-0.39, 0.29) is 23.8 Å². The molecule has 0 radical (unpaired) electrons. The molecule has 2 aromatic heterocycles. The molecule has 148 valence electrons. The van der Waals surface area contributed by atoms with E-state index >= 15 is 0 Å². The van der Waals surface area contributed by atoms with Gasteiger partial charge >= 0.3 is 0 Å². The number of furan rings is 1. The Bertz CT molecular complexity index is 1210. The second-order valence-electron chi connectivity index (χ2n) is 6.62. The summed E-state index contributed by atoms with van der Waals surface area (Å²) in [5.41, 5.74) is 1.57. The summed E-state index contributed by atoms with van der Waals surface area (Å²) in [6.45, 7) is 0.271. The normalized spacial score (nSPS) is 11.6. The van der Waals surface area contributed by atoms with E-state index in [1.807, 2.05) is 30.3 Å². The number of thiazole rings is 1. The van der Waals surface area contributed by atoms with Crippen molar-refractivity contribution in [1.82, 2.24) is 4.98 Å². The Balaban J connectivity index is 1.62. The van der Waals surface area contributed by atoms with Crippen LogP contribution in [-0.4, -0.2) is 25.6 Å². The van der Waals surface area contributed by atoms with E-state index in [2.05, 4.69) is 4.98 Å². The maximum Gasteiger partial charge on any atom is 0.233 e. The van der Waals surface area contributed by atoms with Crippen molar-refractivity contribution < 1.29 is 17.6 Å². The lowest BCUT2D eigenvalue weighted by Crippen LogP contribution is -2.31. The molecular formula is C21H18N2O4S2. The van der Waals surface area contributed by atoms with Gasteiger partial charge in [-0.1, -0.05) is 35.6 Å². The van der Waals surface area contributed by atoms with Crippen molar-refractivity contribution in [2.45, 2.75) is 17.9 Å². The van der Waals surface area contributed by atoms with Crippen molar-refractivity contribution in [2.24, 2.45) is 0 Å². The maximum absolute atomic E-state index is 13.1. The Kier molecular flexibility index (Phi) is 5.21. The molecule has 0 N–H and O–H groups in total. The van der Waals surface area contributed by atoms with Crippen LogP contribution in [0.5, 0.6) is 0 Å². The van der Waals surface area contributed by atoms with Crippen LogP contribution in [0.1, 0.15) is 11.3 Å². The molecular weight excluding hydrogens is 408 g/mol. The number of carbonyl (C=O) groups is 1. The van der Waals surface area contributed by atoms with Crippen LogP contribution in [0.3, 0.4) is 0 Å². The number of sulfone groups is 1. The first-order valence-corrected chi connectivity index (χ1v) is 11.6. The molecule has 2 aromatic carbocycles. The molecule has 29 heavy (non-hydrogen) atoms. The van der Waals surface area contributed by atoms with Crippen LogP contribution in [0.25, 0.3) is 10.2 Å². The number of aromatic nitrogens is 1. The van der Waals surface area contributed by atoms with Gasteiger partial charge in [0.15, 0.2) is 15.0 Å². The number of para-hydroxylation sites is 1. The highest BCUT2D eigenvalue weighted by molar-refractivity contribution is 7.90. The van der Waals surface area contributed by atoms with E-state index in [4.69, 9.17) is 4.42 Å². The zero-order valence-corrected chi connectivity index (χ0v) is 17.2. The summed E-state index contributed by atoms with van der Waals surface area (Å²) in [7, 11) is -3.27. The van der Waals surface area contributed by atoms with Crippen LogP contribution in [0.2, 0.25) is 0 Å².